The van der Waals surface area contributed by atoms with E-state index in [2.05, 4.69) is 20.5 Å². The number of aromatic nitrogens is 3. The van der Waals surface area contributed by atoms with Crippen LogP contribution >= 0.6 is 0 Å². The lowest BCUT2D eigenvalue weighted by atomic mass is 9.93. The van der Waals surface area contributed by atoms with E-state index in [0.29, 0.717) is 31.9 Å². The fraction of sp³-hybridized carbons (Fsp3) is 0.355. The van der Waals surface area contributed by atoms with Crippen LogP contribution in [-0.4, -0.2) is 63.6 Å². The maximum Gasteiger partial charge on any atom is 0.250 e. The summed E-state index contributed by atoms with van der Waals surface area (Å²) in [5.74, 6) is -0.444. The minimum absolute atomic E-state index is 0.0243. The van der Waals surface area contributed by atoms with Gasteiger partial charge in [-0.25, -0.2) is 4.68 Å². The Hall–Kier alpha value is -4.24. The minimum Gasteiger partial charge on any atom is -0.378 e. The second-order valence-electron chi connectivity index (χ2n) is 10.4. The third kappa shape index (κ3) is 5.70. The van der Waals surface area contributed by atoms with Crippen LogP contribution in [0.5, 0.6) is 0 Å². The molecule has 1 aromatic heterocycles. The molecular formula is C31H36N6O3. The van der Waals surface area contributed by atoms with Gasteiger partial charge in [0.25, 0.3) is 0 Å². The van der Waals surface area contributed by atoms with Crippen LogP contribution in [0.1, 0.15) is 31.4 Å². The number of benzene rings is 3. The Morgan fingerprint density at radius 1 is 1.00 bits per heavy atom. The highest BCUT2D eigenvalue weighted by Gasteiger charge is 2.41. The first-order valence-electron chi connectivity index (χ1n) is 13.8. The number of rotatable bonds is 9. The first-order chi connectivity index (χ1) is 19.4. The first kappa shape index (κ1) is 27.3. The van der Waals surface area contributed by atoms with Crippen LogP contribution in [0.25, 0.3) is 11.0 Å². The molecule has 9 nitrogen and oxygen atoms in total. The van der Waals surface area contributed by atoms with Gasteiger partial charge in [0.2, 0.25) is 11.8 Å². The Labute approximate surface area is 234 Å². The Balaban J connectivity index is 1.41. The zero-order chi connectivity index (χ0) is 28.1. The van der Waals surface area contributed by atoms with Crippen molar-refractivity contribution in [1.29, 1.82) is 0 Å². The topological polar surface area (TPSA) is 92.6 Å². The molecule has 0 bridgehead atoms. The van der Waals surface area contributed by atoms with E-state index in [4.69, 9.17) is 4.74 Å². The molecule has 2 amide bonds. The summed E-state index contributed by atoms with van der Waals surface area (Å²) in [7, 11) is 0. The number of fused-ring (bicyclic) bond motifs is 1. The van der Waals surface area contributed by atoms with Gasteiger partial charge in [-0.05, 0) is 67.8 Å². The lowest BCUT2D eigenvalue weighted by Gasteiger charge is -2.40. The van der Waals surface area contributed by atoms with Crippen molar-refractivity contribution in [3.05, 3.63) is 83.9 Å². The molecule has 3 aromatic carbocycles. The van der Waals surface area contributed by atoms with Crippen molar-refractivity contribution in [3.8, 4) is 0 Å². The van der Waals surface area contributed by atoms with Gasteiger partial charge in [0.1, 0.15) is 17.6 Å². The lowest BCUT2D eigenvalue weighted by Crippen LogP contribution is -2.57. The Bertz CT molecular complexity index is 1480. The number of carbonyl (C=O) groups is 2. The van der Waals surface area contributed by atoms with E-state index in [0.717, 1.165) is 40.9 Å². The van der Waals surface area contributed by atoms with Crippen molar-refractivity contribution in [2.24, 2.45) is 0 Å². The van der Waals surface area contributed by atoms with E-state index in [1.54, 1.807) is 9.58 Å². The zero-order valence-corrected chi connectivity index (χ0v) is 23.3. The van der Waals surface area contributed by atoms with Crippen LogP contribution in [0, 0.1) is 6.92 Å². The first-order valence-corrected chi connectivity index (χ1v) is 13.8. The van der Waals surface area contributed by atoms with Crippen molar-refractivity contribution >= 4 is 34.2 Å². The molecule has 0 aliphatic carbocycles. The second kappa shape index (κ2) is 11.9. The van der Waals surface area contributed by atoms with E-state index in [1.165, 1.54) is 0 Å². The van der Waals surface area contributed by atoms with Crippen molar-refractivity contribution in [2.75, 3.05) is 36.5 Å². The van der Waals surface area contributed by atoms with Gasteiger partial charge < -0.3 is 19.9 Å². The summed E-state index contributed by atoms with van der Waals surface area (Å²) < 4.78 is 7.05. The summed E-state index contributed by atoms with van der Waals surface area (Å²) in [6.07, 6.45) is 0.431. The van der Waals surface area contributed by atoms with Crippen LogP contribution in [0.4, 0.5) is 11.4 Å². The average Bonchev–Trinajstić information content (AvgIpc) is 3.39. The molecule has 5 rings (SSSR count). The molecule has 4 aromatic rings. The summed E-state index contributed by atoms with van der Waals surface area (Å²) in [5.41, 5.74) is 4.21. The number of nitrogens with one attached hydrogen (secondary N) is 1. The quantitative estimate of drug-likeness (QED) is 0.338. The van der Waals surface area contributed by atoms with Gasteiger partial charge >= 0.3 is 0 Å². The summed E-state index contributed by atoms with van der Waals surface area (Å²) in [6, 6.07) is 23.3. The molecule has 208 valence electrons. The standard InChI is InChI=1S/C31H36N6O3/c1-4-31(3,30(39)32-25-13-15-26(16-14-25)35-17-19-40-20-18-35)36(21-24-10-6-5-9-23(24)2)29(38)22-37-28-12-8-7-11-27(28)33-34-37/h5-16H,4,17-22H2,1-3H3,(H,32,39). The Morgan fingerprint density at radius 3 is 2.42 bits per heavy atom. The van der Waals surface area contributed by atoms with Crippen LogP contribution < -0.4 is 10.2 Å². The summed E-state index contributed by atoms with van der Waals surface area (Å²) >= 11 is 0. The molecule has 1 aliphatic rings. The zero-order valence-electron chi connectivity index (χ0n) is 23.3. The predicted octanol–water partition coefficient (Wildman–Crippen LogP) is 4.41. The number of hydrogen-bond donors (Lipinski definition) is 1. The predicted molar refractivity (Wildman–Crippen MR) is 156 cm³/mol. The highest BCUT2D eigenvalue weighted by molar-refractivity contribution is 6.00. The molecule has 1 unspecified atom stereocenters. The third-order valence-corrected chi connectivity index (χ3v) is 7.87. The number of morpholine rings is 1. The van der Waals surface area contributed by atoms with Gasteiger partial charge in [-0.1, -0.05) is 48.5 Å². The number of carbonyl (C=O) groups excluding carboxylic acids is 2. The number of ether oxygens (including phenoxy) is 1. The second-order valence-corrected chi connectivity index (χ2v) is 10.4. The third-order valence-electron chi connectivity index (χ3n) is 7.87. The van der Waals surface area contributed by atoms with Gasteiger partial charge in [0.05, 0.1) is 18.7 Å². The molecule has 40 heavy (non-hydrogen) atoms. The number of amides is 2. The van der Waals surface area contributed by atoms with E-state index < -0.39 is 5.54 Å². The normalized spacial score (nSPS) is 15.0. The highest BCUT2D eigenvalue weighted by atomic mass is 16.5. The number of nitrogens with zero attached hydrogens (tertiary/aromatic N) is 5. The van der Waals surface area contributed by atoms with Crippen LogP contribution in [-0.2, 0) is 27.4 Å². The summed E-state index contributed by atoms with van der Waals surface area (Å²) in [6.45, 7) is 9.17. The Morgan fingerprint density at radius 2 is 1.70 bits per heavy atom. The van der Waals surface area contributed by atoms with Crippen molar-refractivity contribution < 1.29 is 14.3 Å². The van der Waals surface area contributed by atoms with Crippen molar-refractivity contribution in [3.63, 3.8) is 0 Å². The molecule has 1 atom stereocenters. The van der Waals surface area contributed by atoms with Gasteiger partial charge in [0, 0.05) is 31.0 Å². The Kier molecular flexibility index (Phi) is 8.11. The van der Waals surface area contributed by atoms with Crippen molar-refractivity contribution in [1.82, 2.24) is 19.9 Å². The van der Waals surface area contributed by atoms with Crippen LogP contribution in [0.15, 0.2) is 72.8 Å². The maximum atomic E-state index is 14.0. The van der Waals surface area contributed by atoms with Gasteiger partial charge in [-0.15, -0.1) is 5.10 Å². The fourth-order valence-corrected chi connectivity index (χ4v) is 5.06. The molecule has 0 saturated carbocycles. The SMILES string of the molecule is CCC(C)(C(=O)Nc1ccc(N2CCOCC2)cc1)N(Cc1ccccc1C)C(=O)Cn1nnc2ccccc21. The van der Waals surface area contributed by atoms with Gasteiger partial charge in [-0.2, -0.15) is 0 Å². The van der Waals surface area contributed by atoms with E-state index >= 15 is 0 Å². The molecule has 2 heterocycles. The molecule has 1 saturated heterocycles. The van der Waals surface area contributed by atoms with Crippen LogP contribution in [0.2, 0.25) is 0 Å². The maximum absolute atomic E-state index is 14.0. The largest absolute Gasteiger partial charge is 0.378 e. The number of hydrogen-bond acceptors (Lipinski definition) is 6. The van der Waals surface area contributed by atoms with Gasteiger partial charge in [0.15, 0.2) is 0 Å². The highest BCUT2D eigenvalue weighted by Crippen LogP contribution is 2.27. The average molecular weight is 541 g/mol. The fourth-order valence-electron chi connectivity index (χ4n) is 5.06. The van der Waals surface area contributed by atoms with E-state index in [9.17, 15) is 9.59 Å². The molecule has 0 spiro atoms. The molecule has 1 fully saturated rings. The monoisotopic (exact) mass is 540 g/mol. The molecule has 1 aliphatic heterocycles. The number of anilines is 2. The van der Waals surface area contributed by atoms with Crippen LogP contribution in [0.3, 0.4) is 0 Å². The molecule has 1 N–H and O–H groups in total. The minimum atomic E-state index is -1.11. The molecular weight excluding hydrogens is 504 g/mol. The number of para-hydroxylation sites is 1. The summed E-state index contributed by atoms with van der Waals surface area (Å²) in [4.78, 5) is 31.9. The van der Waals surface area contributed by atoms with E-state index in [-0.39, 0.29) is 18.4 Å². The van der Waals surface area contributed by atoms with Gasteiger partial charge in [-0.3, -0.25) is 9.59 Å². The lowest BCUT2D eigenvalue weighted by molar-refractivity contribution is -0.146. The smallest absolute Gasteiger partial charge is 0.250 e. The number of aryl methyl sites for hydroxylation is 1. The molecule has 9 heteroatoms. The summed E-state index contributed by atoms with van der Waals surface area (Å²) in [5, 5.41) is 11.5. The van der Waals surface area contributed by atoms with Crippen molar-refractivity contribution in [2.45, 2.75) is 45.8 Å². The molecule has 0 radical (unpaired) electrons. The van der Waals surface area contributed by atoms with E-state index in [1.807, 2.05) is 93.6 Å².